The lowest BCUT2D eigenvalue weighted by Crippen LogP contribution is -2.10. The number of esters is 4. The molecule has 0 amide bonds. The zero-order chi connectivity index (χ0) is 30.1. The van der Waals surface area contributed by atoms with Gasteiger partial charge in [-0.2, -0.15) is 0 Å². The van der Waals surface area contributed by atoms with Gasteiger partial charge in [-0.15, -0.1) is 0 Å². The van der Waals surface area contributed by atoms with Crippen LogP contribution >= 0.6 is 0 Å². The van der Waals surface area contributed by atoms with Crippen molar-refractivity contribution in [2.75, 3.05) is 0 Å². The molecule has 0 aliphatic heterocycles. The zero-order valence-corrected chi connectivity index (χ0v) is 22.5. The molecule has 4 aromatic carbocycles. The second kappa shape index (κ2) is 13.5. The van der Waals surface area contributed by atoms with E-state index in [0.717, 1.165) is 40.1 Å². The number of hydrogen-bond acceptors (Lipinski definition) is 8. The van der Waals surface area contributed by atoms with Crippen LogP contribution in [0, 0.1) is 0 Å². The fourth-order valence-electron chi connectivity index (χ4n) is 3.98. The minimum Gasteiger partial charge on any atom is -0.427 e. The Morgan fingerprint density at radius 3 is 1.62 bits per heavy atom. The number of fused-ring (bicyclic) bond motifs is 1. The maximum atomic E-state index is 12.6. The van der Waals surface area contributed by atoms with Gasteiger partial charge in [-0.1, -0.05) is 50.1 Å². The molecule has 0 saturated heterocycles. The van der Waals surface area contributed by atoms with Crippen molar-refractivity contribution in [3.05, 3.63) is 122 Å². The first-order valence-corrected chi connectivity index (χ1v) is 12.8. The molecule has 0 aliphatic carbocycles. The average molecular weight is 563 g/mol. The zero-order valence-electron chi connectivity index (χ0n) is 22.5. The third-order valence-electron chi connectivity index (χ3n) is 5.94. The van der Waals surface area contributed by atoms with E-state index in [0.29, 0.717) is 17.1 Å². The number of rotatable bonds is 11. The molecule has 0 atom stereocenters. The Kier molecular flexibility index (Phi) is 9.42. The molecule has 0 heterocycles. The van der Waals surface area contributed by atoms with E-state index in [1.165, 1.54) is 6.07 Å². The minimum absolute atomic E-state index is 0.0181. The summed E-state index contributed by atoms with van der Waals surface area (Å²) in [6, 6.07) is 22.9. The minimum atomic E-state index is -0.680. The molecule has 0 aliphatic rings. The Morgan fingerprint density at radius 1 is 0.524 bits per heavy atom. The van der Waals surface area contributed by atoms with Crippen LogP contribution in [0.15, 0.2) is 117 Å². The van der Waals surface area contributed by atoms with Crippen LogP contribution in [0.2, 0.25) is 0 Å². The van der Waals surface area contributed by atoms with Crippen LogP contribution in [0.1, 0.15) is 12.0 Å². The maximum absolute atomic E-state index is 12.6. The van der Waals surface area contributed by atoms with Crippen LogP contribution in [0.4, 0.5) is 0 Å². The van der Waals surface area contributed by atoms with Gasteiger partial charge in [0.05, 0.1) is 0 Å². The molecule has 0 aromatic heterocycles. The number of hydrogen-bond donors (Lipinski definition) is 0. The summed E-state index contributed by atoms with van der Waals surface area (Å²) < 4.78 is 21.0. The number of aryl methyl sites for hydroxylation is 1. The molecule has 0 fully saturated rings. The Balaban J connectivity index is 1.39. The van der Waals surface area contributed by atoms with E-state index < -0.39 is 23.9 Å². The highest BCUT2D eigenvalue weighted by atomic mass is 16.5. The van der Waals surface area contributed by atoms with Crippen LogP contribution in [-0.2, 0) is 25.6 Å². The SMILES string of the molecule is C=CC(=O)Oc1cc(CCC(=O)Oc2ccc(-c3ccc4cc(OC(=O)C=C)ccc4c3)cc2)cc(OC(=O)C=C)c1. The number of carbonyl (C=O) groups excluding carboxylic acids is 4. The molecule has 0 unspecified atom stereocenters. The first-order chi connectivity index (χ1) is 20.3. The first-order valence-electron chi connectivity index (χ1n) is 12.8. The quantitative estimate of drug-likeness (QED) is 0.119. The first kappa shape index (κ1) is 29.2. The molecular formula is C34H26O8. The van der Waals surface area contributed by atoms with E-state index in [9.17, 15) is 19.2 Å². The van der Waals surface area contributed by atoms with Crippen molar-refractivity contribution in [2.24, 2.45) is 0 Å². The van der Waals surface area contributed by atoms with E-state index in [-0.39, 0.29) is 24.3 Å². The third-order valence-corrected chi connectivity index (χ3v) is 5.94. The van der Waals surface area contributed by atoms with Gasteiger partial charge in [-0.3, -0.25) is 4.79 Å². The van der Waals surface area contributed by atoms with Gasteiger partial charge in [0, 0.05) is 30.7 Å². The summed E-state index contributed by atoms with van der Waals surface area (Å²) >= 11 is 0. The van der Waals surface area contributed by atoms with Crippen molar-refractivity contribution in [2.45, 2.75) is 12.8 Å². The van der Waals surface area contributed by atoms with Gasteiger partial charge in [0.25, 0.3) is 0 Å². The highest BCUT2D eigenvalue weighted by molar-refractivity contribution is 5.90. The lowest BCUT2D eigenvalue weighted by atomic mass is 10.0. The summed E-state index contributed by atoms with van der Waals surface area (Å²) in [6.07, 6.45) is 3.38. The molecule has 8 nitrogen and oxygen atoms in total. The highest BCUT2D eigenvalue weighted by Gasteiger charge is 2.12. The van der Waals surface area contributed by atoms with Crippen LogP contribution < -0.4 is 18.9 Å². The predicted molar refractivity (Wildman–Crippen MR) is 157 cm³/mol. The highest BCUT2D eigenvalue weighted by Crippen LogP contribution is 2.29. The molecular weight excluding hydrogens is 536 g/mol. The molecule has 8 heteroatoms. The summed E-state index contributed by atoms with van der Waals surface area (Å²) in [5.41, 5.74) is 2.47. The summed E-state index contributed by atoms with van der Waals surface area (Å²) in [6.45, 7) is 10.1. The van der Waals surface area contributed by atoms with Gasteiger partial charge >= 0.3 is 23.9 Å². The topological polar surface area (TPSA) is 105 Å². The van der Waals surface area contributed by atoms with E-state index >= 15 is 0 Å². The Labute approximate surface area is 242 Å². The van der Waals surface area contributed by atoms with Gasteiger partial charge in [-0.25, -0.2) is 14.4 Å². The molecule has 4 aromatic rings. The van der Waals surface area contributed by atoms with Crippen LogP contribution in [0.25, 0.3) is 21.9 Å². The summed E-state index contributed by atoms with van der Waals surface area (Å²) in [4.78, 5) is 47.3. The van der Waals surface area contributed by atoms with Crippen molar-refractivity contribution in [3.63, 3.8) is 0 Å². The van der Waals surface area contributed by atoms with Gasteiger partial charge < -0.3 is 18.9 Å². The van der Waals surface area contributed by atoms with E-state index in [1.807, 2.05) is 36.4 Å². The van der Waals surface area contributed by atoms with Crippen molar-refractivity contribution in [3.8, 4) is 34.1 Å². The predicted octanol–water partition coefficient (Wildman–Crippen LogP) is 6.32. The normalized spacial score (nSPS) is 10.3. The number of ether oxygens (including phenoxy) is 4. The second-order valence-corrected chi connectivity index (χ2v) is 8.91. The third kappa shape index (κ3) is 7.89. The average Bonchev–Trinajstić information content (AvgIpc) is 2.99. The fourth-order valence-corrected chi connectivity index (χ4v) is 3.98. The van der Waals surface area contributed by atoms with Crippen molar-refractivity contribution < 1.29 is 38.1 Å². The van der Waals surface area contributed by atoms with Crippen molar-refractivity contribution in [1.29, 1.82) is 0 Å². The van der Waals surface area contributed by atoms with Crippen LogP contribution in [-0.4, -0.2) is 23.9 Å². The molecule has 0 spiro atoms. The molecule has 0 N–H and O–H groups in total. The maximum Gasteiger partial charge on any atom is 0.335 e. The van der Waals surface area contributed by atoms with Crippen molar-refractivity contribution in [1.82, 2.24) is 0 Å². The summed E-state index contributed by atoms with van der Waals surface area (Å²) in [5, 5.41) is 1.88. The molecule has 210 valence electrons. The van der Waals surface area contributed by atoms with Gasteiger partial charge in [0.2, 0.25) is 0 Å². The van der Waals surface area contributed by atoms with E-state index in [2.05, 4.69) is 19.7 Å². The van der Waals surface area contributed by atoms with Gasteiger partial charge in [-0.05, 0) is 76.3 Å². The van der Waals surface area contributed by atoms with Gasteiger partial charge in [0.1, 0.15) is 23.0 Å². The smallest absolute Gasteiger partial charge is 0.335 e. The largest absolute Gasteiger partial charge is 0.427 e. The van der Waals surface area contributed by atoms with Crippen molar-refractivity contribution >= 4 is 34.6 Å². The fraction of sp³-hybridized carbons (Fsp3) is 0.0588. The monoisotopic (exact) mass is 562 g/mol. The van der Waals surface area contributed by atoms with Crippen LogP contribution in [0.3, 0.4) is 0 Å². The second-order valence-electron chi connectivity index (χ2n) is 8.91. The lowest BCUT2D eigenvalue weighted by Gasteiger charge is -2.10. The Bertz CT molecular complexity index is 1660. The molecule has 4 rings (SSSR count). The number of benzene rings is 4. The standard InChI is InChI=1S/C34H26O8/c1-4-31(35)40-28-15-12-25-19-24(8-9-26(25)20-28)23-10-13-27(14-11-23)39-34(38)16-7-22-17-29(41-32(36)5-2)21-30(18-22)42-33(37)6-3/h4-6,8-15,17-21H,1-3,7,16H2. The Hall–Kier alpha value is -5.76. The molecule has 0 bridgehead atoms. The summed E-state index contributed by atoms with van der Waals surface area (Å²) in [5.74, 6) is -1.26. The number of carbonyl (C=O) groups is 4. The molecule has 0 radical (unpaired) electrons. The van der Waals surface area contributed by atoms with E-state index in [4.69, 9.17) is 18.9 Å². The molecule has 42 heavy (non-hydrogen) atoms. The van der Waals surface area contributed by atoms with Gasteiger partial charge in [0.15, 0.2) is 0 Å². The van der Waals surface area contributed by atoms with E-state index in [1.54, 1.807) is 36.4 Å². The van der Waals surface area contributed by atoms with Crippen LogP contribution in [0.5, 0.6) is 23.0 Å². The molecule has 0 saturated carbocycles. The Morgan fingerprint density at radius 2 is 1.02 bits per heavy atom. The summed E-state index contributed by atoms with van der Waals surface area (Å²) in [7, 11) is 0. The lowest BCUT2D eigenvalue weighted by molar-refractivity contribution is -0.134.